The van der Waals surface area contributed by atoms with Gasteiger partial charge in [-0.15, -0.1) is 0 Å². The molecule has 0 spiro atoms. The summed E-state index contributed by atoms with van der Waals surface area (Å²) in [7, 11) is 1.85. The van der Waals surface area contributed by atoms with Gasteiger partial charge in [-0.05, 0) is 33.6 Å². The van der Waals surface area contributed by atoms with Gasteiger partial charge >= 0.3 is 0 Å². The molecule has 1 aliphatic heterocycles. The third kappa shape index (κ3) is 2.51. The van der Waals surface area contributed by atoms with Crippen LogP contribution in [0.2, 0.25) is 0 Å². The minimum absolute atomic E-state index is 0.0600. The molecule has 2 aromatic rings. The Kier molecular flexibility index (Phi) is 3.72. The second-order valence-corrected chi connectivity index (χ2v) is 5.97. The fourth-order valence-corrected chi connectivity index (χ4v) is 3.10. The Bertz CT molecular complexity index is 701. The fourth-order valence-electron chi connectivity index (χ4n) is 3.10. The van der Waals surface area contributed by atoms with Gasteiger partial charge in [-0.1, -0.05) is 0 Å². The second-order valence-electron chi connectivity index (χ2n) is 5.97. The standard InChI is InChI=1S/C15H22N6O/c1-10-14(8-16-19(10)4)15(22)20-7-5-6-13(9-20)21-12(3)17-11(2)18-21/h8,13H,5-7,9H2,1-4H3. The van der Waals surface area contributed by atoms with Crippen LogP contribution in [0.4, 0.5) is 0 Å². The Hall–Kier alpha value is -2.18. The summed E-state index contributed by atoms with van der Waals surface area (Å²) in [6, 6.07) is 0.205. The summed E-state index contributed by atoms with van der Waals surface area (Å²) in [5, 5.41) is 8.64. The van der Waals surface area contributed by atoms with E-state index in [-0.39, 0.29) is 11.9 Å². The Balaban J connectivity index is 1.80. The normalized spacial score (nSPS) is 18.7. The lowest BCUT2D eigenvalue weighted by Crippen LogP contribution is -2.41. The van der Waals surface area contributed by atoms with Crippen LogP contribution in [-0.2, 0) is 7.05 Å². The molecule has 118 valence electrons. The molecule has 7 heteroatoms. The van der Waals surface area contributed by atoms with Crippen LogP contribution >= 0.6 is 0 Å². The van der Waals surface area contributed by atoms with E-state index in [1.54, 1.807) is 10.9 Å². The molecule has 1 fully saturated rings. The van der Waals surface area contributed by atoms with Gasteiger partial charge < -0.3 is 4.90 Å². The van der Waals surface area contributed by atoms with E-state index in [0.29, 0.717) is 12.1 Å². The van der Waals surface area contributed by atoms with E-state index in [4.69, 9.17) is 0 Å². The Labute approximate surface area is 129 Å². The summed E-state index contributed by atoms with van der Waals surface area (Å²) in [6.45, 7) is 7.25. The molecule has 0 aliphatic carbocycles. The maximum atomic E-state index is 12.7. The van der Waals surface area contributed by atoms with E-state index in [2.05, 4.69) is 15.2 Å². The molecule has 1 atom stereocenters. The molecule has 3 heterocycles. The molecule has 0 radical (unpaired) electrons. The molecule has 1 saturated heterocycles. The van der Waals surface area contributed by atoms with E-state index in [9.17, 15) is 4.79 Å². The van der Waals surface area contributed by atoms with Gasteiger partial charge in [0.25, 0.3) is 5.91 Å². The average Bonchev–Trinajstić information content (AvgIpc) is 3.01. The van der Waals surface area contributed by atoms with Crippen molar-refractivity contribution in [3.63, 3.8) is 0 Å². The number of piperidine rings is 1. The number of amides is 1. The van der Waals surface area contributed by atoms with Gasteiger partial charge in [0.15, 0.2) is 0 Å². The van der Waals surface area contributed by atoms with Crippen LogP contribution in [0.5, 0.6) is 0 Å². The smallest absolute Gasteiger partial charge is 0.257 e. The SMILES string of the molecule is Cc1nc(C)n(C2CCCN(C(=O)c3cnn(C)c3C)C2)n1. The van der Waals surface area contributed by atoms with Crippen molar-refractivity contribution in [2.45, 2.75) is 39.7 Å². The first-order valence-corrected chi connectivity index (χ1v) is 7.65. The highest BCUT2D eigenvalue weighted by Gasteiger charge is 2.28. The molecule has 3 rings (SSSR count). The third-order valence-corrected chi connectivity index (χ3v) is 4.40. The predicted octanol–water partition coefficient (Wildman–Crippen LogP) is 1.41. The van der Waals surface area contributed by atoms with Crippen molar-refractivity contribution in [3.05, 3.63) is 29.1 Å². The van der Waals surface area contributed by atoms with Gasteiger partial charge in [0, 0.05) is 25.8 Å². The maximum absolute atomic E-state index is 12.7. The molecule has 1 amide bonds. The molecule has 1 aliphatic rings. The van der Waals surface area contributed by atoms with Crippen molar-refractivity contribution in [2.75, 3.05) is 13.1 Å². The van der Waals surface area contributed by atoms with Crippen molar-refractivity contribution >= 4 is 5.91 Å². The summed E-state index contributed by atoms with van der Waals surface area (Å²) in [5.41, 5.74) is 1.59. The van der Waals surface area contributed by atoms with Crippen molar-refractivity contribution in [2.24, 2.45) is 7.05 Å². The lowest BCUT2D eigenvalue weighted by atomic mass is 10.0. The van der Waals surface area contributed by atoms with E-state index in [1.165, 1.54) is 0 Å². The number of carbonyl (C=O) groups is 1. The quantitative estimate of drug-likeness (QED) is 0.841. The molecule has 7 nitrogen and oxygen atoms in total. The molecule has 1 unspecified atom stereocenters. The number of rotatable bonds is 2. The van der Waals surface area contributed by atoms with Crippen LogP contribution in [0.1, 0.15) is 46.6 Å². The molecule has 0 aromatic carbocycles. The average molecular weight is 302 g/mol. The largest absolute Gasteiger partial charge is 0.336 e. The summed E-state index contributed by atoms with van der Waals surface area (Å²) in [6.07, 6.45) is 3.67. The summed E-state index contributed by atoms with van der Waals surface area (Å²) >= 11 is 0. The first kappa shape index (κ1) is 14.7. The van der Waals surface area contributed by atoms with Crippen LogP contribution < -0.4 is 0 Å². The third-order valence-electron chi connectivity index (χ3n) is 4.40. The van der Waals surface area contributed by atoms with Crippen LogP contribution in [0, 0.1) is 20.8 Å². The monoisotopic (exact) mass is 302 g/mol. The summed E-state index contributed by atoms with van der Waals surface area (Å²) in [5.74, 6) is 1.75. The van der Waals surface area contributed by atoms with Crippen molar-refractivity contribution in [1.82, 2.24) is 29.4 Å². The molecule has 0 N–H and O–H groups in total. The number of likely N-dealkylation sites (tertiary alicyclic amines) is 1. The zero-order valence-electron chi connectivity index (χ0n) is 13.6. The lowest BCUT2D eigenvalue weighted by molar-refractivity contribution is 0.0670. The van der Waals surface area contributed by atoms with Crippen LogP contribution in [-0.4, -0.2) is 48.4 Å². The van der Waals surface area contributed by atoms with Gasteiger partial charge in [0.2, 0.25) is 0 Å². The maximum Gasteiger partial charge on any atom is 0.257 e. The predicted molar refractivity (Wildman–Crippen MR) is 81.6 cm³/mol. The van der Waals surface area contributed by atoms with Gasteiger partial charge in [-0.2, -0.15) is 10.2 Å². The Morgan fingerprint density at radius 2 is 2.09 bits per heavy atom. The number of aromatic nitrogens is 5. The highest BCUT2D eigenvalue weighted by atomic mass is 16.2. The minimum Gasteiger partial charge on any atom is -0.336 e. The first-order chi connectivity index (χ1) is 10.5. The van der Waals surface area contributed by atoms with Crippen molar-refractivity contribution in [1.29, 1.82) is 0 Å². The van der Waals surface area contributed by atoms with Gasteiger partial charge in [0.1, 0.15) is 11.6 Å². The molecule has 22 heavy (non-hydrogen) atoms. The zero-order chi connectivity index (χ0) is 15.9. The first-order valence-electron chi connectivity index (χ1n) is 7.65. The Morgan fingerprint density at radius 1 is 1.32 bits per heavy atom. The lowest BCUT2D eigenvalue weighted by Gasteiger charge is -2.33. The summed E-state index contributed by atoms with van der Waals surface area (Å²) in [4.78, 5) is 19.0. The van der Waals surface area contributed by atoms with Crippen molar-refractivity contribution in [3.8, 4) is 0 Å². The minimum atomic E-state index is 0.0600. The molecule has 2 aromatic heterocycles. The molecule has 0 saturated carbocycles. The van der Waals surface area contributed by atoms with Crippen molar-refractivity contribution < 1.29 is 4.79 Å². The number of carbonyl (C=O) groups excluding carboxylic acids is 1. The molecular formula is C15H22N6O. The highest BCUT2D eigenvalue weighted by Crippen LogP contribution is 2.24. The van der Waals surface area contributed by atoms with Gasteiger partial charge in [0.05, 0.1) is 17.8 Å². The molecule has 0 bridgehead atoms. The zero-order valence-corrected chi connectivity index (χ0v) is 13.6. The number of hydrogen-bond acceptors (Lipinski definition) is 4. The Morgan fingerprint density at radius 3 is 2.68 bits per heavy atom. The van der Waals surface area contributed by atoms with E-state index in [1.807, 2.05) is 37.4 Å². The van der Waals surface area contributed by atoms with Gasteiger partial charge in [-0.3, -0.25) is 9.48 Å². The van der Waals surface area contributed by atoms with E-state index >= 15 is 0 Å². The fraction of sp³-hybridized carbons (Fsp3) is 0.600. The van der Waals surface area contributed by atoms with Crippen LogP contribution in [0.15, 0.2) is 6.20 Å². The van der Waals surface area contributed by atoms with E-state index < -0.39 is 0 Å². The number of hydrogen-bond donors (Lipinski definition) is 0. The topological polar surface area (TPSA) is 68.8 Å². The van der Waals surface area contributed by atoms with Gasteiger partial charge in [-0.25, -0.2) is 9.67 Å². The van der Waals surface area contributed by atoms with Crippen LogP contribution in [0.3, 0.4) is 0 Å². The summed E-state index contributed by atoms with van der Waals surface area (Å²) < 4.78 is 3.70. The number of aryl methyl sites for hydroxylation is 3. The highest BCUT2D eigenvalue weighted by molar-refractivity contribution is 5.95. The molecular weight excluding hydrogens is 280 g/mol. The van der Waals surface area contributed by atoms with E-state index in [0.717, 1.165) is 36.7 Å². The van der Waals surface area contributed by atoms with Crippen LogP contribution in [0.25, 0.3) is 0 Å². The second kappa shape index (κ2) is 5.55. The number of nitrogens with zero attached hydrogens (tertiary/aromatic N) is 6.